The van der Waals surface area contributed by atoms with E-state index in [1.807, 2.05) is 0 Å². The van der Waals surface area contributed by atoms with Crippen LogP contribution in [0.5, 0.6) is 5.75 Å². The fraction of sp³-hybridized carbons (Fsp3) is 0.391. The summed E-state index contributed by atoms with van der Waals surface area (Å²) in [5.74, 6) is -0.232. The number of anilines is 1. The quantitative estimate of drug-likeness (QED) is 0.372. The van der Waals surface area contributed by atoms with Gasteiger partial charge in [-0.25, -0.2) is 0 Å². The monoisotopic (exact) mass is 396 g/mol. The normalized spacial score (nSPS) is 14.1. The van der Waals surface area contributed by atoms with E-state index in [1.165, 1.54) is 18.5 Å². The molecule has 0 bridgehead atoms. The molecular weight excluding hydrogens is 368 g/mol. The molecule has 0 radical (unpaired) electrons. The first-order valence-electron chi connectivity index (χ1n) is 10.1. The molecule has 0 saturated carbocycles. The van der Waals surface area contributed by atoms with Gasteiger partial charge in [-0.2, -0.15) is 0 Å². The second-order valence-corrected chi connectivity index (χ2v) is 7.03. The maximum absolute atomic E-state index is 10.8. The van der Waals surface area contributed by atoms with E-state index in [1.54, 1.807) is 24.3 Å². The Labute approximate surface area is 171 Å². The van der Waals surface area contributed by atoms with Crippen LogP contribution in [0.15, 0.2) is 53.7 Å². The zero-order valence-corrected chi connectivity index (χ0v) is 16.8. The lowest BCUT2D eigenvalue weighted by Crippen LogP contribution is -2.17. The zero-order valence-electron chi connectivity index (χ0n) is 16.8. The third-order valence-corrected chi connectivity index (χ3v) is 4.88. The van der Waals surface area contributed by atoms with Gasteiger partial charge in [0.2, 0.25) is 0 Å². The van der Waals surface area contributed by atoms with E-state index in [-0.39, 0.29) is 6.42 Å². The van der Waals surface area contributed by atoms with Crippen LogP contribution in [0.4, 0.5) is 5.69 Å². The third-order valence-electron chi connectivity index (χ3n) is 4.88. The van der Waals surface area contributed by atoms with E-state index in [4.69, 9.17) is 14.7 Å². The van der Waals surface area contributed by atoms with Gasteiger partial charge in [0, 0.05) is 18.8 Å². The van der Waals surface area contributed by atoms with Gasteiger partial charge >= 0.3 is 5.97 Å². The molecule has 1 fully saturated rings. The molecule has 2 aromatic rings. The Morgan fingerprint density at radius 3 is 2.55 bits per heavy atom. The van der Waals surface area contributed by atoms with Crippen molar-refractivity contribution in [3.63, 3.8) is 0 Å². The molecule has 0 atom stereocenters. The van der Waals surface area contributed by atoms with Gasteiger partial charge in [-0.05, 0) is 54.7 Å². The van der Waals surface area contributed by atoms with Crippen molar-refractivity contribution in [1.82, 2.24) is 0 Å². The van der Waals surface area contributed by atoms with Crippen LogP contribution in [0.1, 0.15) is 37.3 Å². The lowest BCUT2D eigenvalue weighted by Gasteiger charge is -2.17. The van der Waals surface area contributed by atoms with E-state index < -0.39 is 5.97 Å². The van der Waals surface area contributed by atoms with Crippen molar-refractivity contribution in [2.75, 3.05) is 31.2 Å². The molecule has 0 spiro atoms. The number of oxime groups is 1. The van der Waals surface area contributed by atoms with E-state index in [9.17, 15) is 4.79 Å². The van der Waals surface area contributed by atoms with Crippen molar-refractivity contribution in [3.05, 3.63) is 59.7 Å². The SMILES string of the molecule is CCC(=NOCCOc1cccc(CC(=O)O)c1)c1ccc(N2CCCC2)cc1. The summed E-state index contributed by atoms with van der Waals surface area (Å²) in [7, 11) is 0. The Kier molecular flexibility index (Phi) is 7.50. The summed E-state index contributed by atoms with van der Waals surface area (Å²) < 4.78 is 5.63. The number of ether oxygens (including phenoxy) is 1. The number of carbonyl (C=O) groups is 1. The number of carboxylic acids is 1. The molecule has 0 aliphatic carbocycles. The van der Waals surface area contributed by atoms with Crippen LogP contribution < -0.4 is 9.64 Å². The number of carboxylic acid groups (broad SMARTS) is 1. The average Bonchev–Trinajstić information content (AvgIpc) is 3.26. The highest BCUT2D eigenvalue weighted by molar-refractivity contribution is 6.00. The average molecular weight is 396 g/mol. The highest BCUT2D eigenvalue weighted by Crippen LogP contribution is 2.21. The van der Waals surface area contributed by atoms with Crippen LogP contribution in [0.3, 0.4) is 0 Å². The first kappa shape index (κ1) is 20.7. The van der Waals surface area contributed by atoms with Gasteiger partial charge in [0.15, 0.2) is 6.61 Å². The van der Waals surface area contributed by atoms with Crippen LogP contribution in [-0.2, 0) is 16.1 Å². The fourth-order valence-electron chi connectivity index (χ4n) is 3.40. The molecule has 6 nitrogen and oxygen atoms in total. The second kappa shape index (κ2) is 10.5. The van der Waals surface area contributed by atoms with Gasteiger partial charge in [0.1, 0.15) is 12.4 Å². The molecule has 0 aromatic heterocycles. The van der Waals surface area contributed by atoms with Crippen molar-refractivity contribution in [1.29, 1.82) is 0 Å². The summed E-state index contributed by atoms with van der Waals surface area (Å²) in [6.45, 7) is 4.98. The fourth-order valence-corrected chi connectivity index (χ4v) is 3.40. The molecule has 6 heteroatoms. The van der Waals surface area contributed by atoms with E-state index in [2.05, 4.69) is 41.2 Å². The molecule has 3 rings (SSSR count). The summed E-state index contributed by atoms with van der Waals surface area (Å²) in [5, 5.41) is 13.1. The van der Waals surface area contributed by atoms with Gasteiger partial charge in [0.05, 0.1) is 12.1 Å². The van der Waals surface area contributed by atoms with Crippen LogP contribution >= 0.6 is 0 Å². The molecule has 0 amide bonds. The van der Waals surface area contributed by atoms with E-state index in [0.29, 0.717) is 24.5 Å². The Morgan fingerprint density at radius 2 is 1.86 bits per heavy atom. The molecule has 1 aliphatic heterocycles. The van der Waals surface area contributed by atoms with Crippen molar-refractivity contribution in [2.24, 2.45) is 5.16 Å². The summed E-state index contributed by atoms with van der Waals surface area (Å²) in [4.78, 5) is 18.7. The highest BCUT2D eigenvalue weighted by Gasteiger charge is 2.12. The minimum Gasteiger partial charge on any atom is -0.490 e. The lowest BCUT2D eigenvalue weighted by atomic mass is 10.1. The van der Waals surface area contributed by atoms with E-state index in [0.717, 1.165) is 30.8 Å². The van der Waals surface area contributed by atoms with Crippen molar-refractivity contribution in [3.8, 4) is 5.75 Å². The van der Waals surface area contributed by atoms with Gasteiger partial charge in [0.25, 0.3) is 0 Å². The number of nitrogens with zero attached hydrogens (tertiary/aromatic N) is 2. The molecule has 154 valence electrons. The van der Waals surface area contributed by atoms with Crippen LogP contribution in [-0.4, -0.2) is 43.1 Å². The third kappa shape index (κ3) is 6.24. The molecule has 1 N–H and O–H groups in total. The Hall–Kier alpha value is -3.02. The number of hydrogen-bond donors (Lipinski definition) is 1. The Bertz CT molecular complexity index is 827. The van der Waals surface area contributed by atoms with Crippen molar-refractivity contribution >= 4 is 17.4 Å². The smallest absolute Gasteiger partial charge is 0.307 e. The van der Waals surface area contributed by atoms with Gasteiger partial charge in [-0.15, -0.1) is 0 Å². The first-order chi connectivity index (χ1) is 14.2. The second-order valence-electron chi connectivity index (χ2n) is 7.03. The molecule has 1 saturated heterocycles. The maximum atomic E-state index is 10.8. The van der Waals surface area contributed by atoms with Crippen molar-refractivity contribution < 1.29 is 19.5 Å². The summed E-state index contributed by atoms with van der Waals surface area (Å²) in [6, 6.07) is 15.6. The predicted octanol–water partition coefficient (Wildman–Crippen LogP) is 4.12. The van der Waals surface area contributed by atoms with Crippen LogP contribution in [0, 0.1) is 0 Å². The number of hydrogen-bond acceptors (Lipinski definition) is 5. The maximum Gasteiger partial charge on any atom is 0.307 e. The highest BCUT2D eigenvalue weighted by atomic mass is 16.6. The Balaban J connectivity index is 1.47. The molecule has 2 aromatic carbocycles. The van der Waals surface area contributed by atoms with Gasteiger partial charge in [-0.3, -0.25) is 4.79 Å². The lowest BCUT2D eigenvalue weighted by molar-refractivity contribution is -0.136. The zero-order chi connectivity index (χ0) is 20.5. The van der Waals surface area contributed by atoms with Crippen molar-refractivity contribution in [2.45, 2.75) is 32.6 Å². The molecule has 1 heterocycles. The molecule has 1 aliphatic rings. The van der Waals surface area contributed by atoms with Crippen LogP contribution in [0.2, 0.25) is 0 Å². The summed E-state index contributed by atoms with van der Waals surface area (Å²) >= 11 is 0. The molecule has 29 heavy (non-hydrogen) atoms. The first-order valence-corrected chi connectivity index (χ1v) is 10.1. The molecule has 0 unspecified atom stereocenters. The number of benzene rings is 2. The minimum absolute atomic E-state index is 0.0194. The standard InChI is InChI=1S/C23H28N2O4/c1-2-22(19-8-10-20(11-9-19)25-12-3-4-13-25)24-29-15-14-28-21-7-5-6-18(16-21)17-23(26)27/h5-11,16H,2-4,12-15,17H2,1H3,(H,26,27). The summed E-state index contributed by atoms with van der Waals surface area (Å²) in [6.07, 6.45) is 3.29. The minimum atomic E-state index is -0.861. The number of aliphatic carboxylic acids is 1. The molecular formula is C23H28N2O4. The van der Waals surface area contributed by atoms with E-state index >= 15 is 0 Å². The Morgan fingerprint density at radius 1 is 1.10 bits per heavy atom. The van der Waals surface area contributed by atoms with Gasteiger partial charge in [-0.1, -0.05) is 36.3 Å². The largest absolute Gasteiger partial charge is 0.490 e. The topological polar surface area (TPSA) is 71.4 Å². The van der Waals surface area contributed by atoms with Gasteiger partial charge < -0.3 is 19.6 Å². The predicted molar refractivity (Wildman–Crippen MR) is 114 cm³/mol. The summed E-state index contributed by atoms with van der Waals surface area (Å²) in [5.41, 5.74) is 3.94. The van der Waals surface area contributed by atoms with Crippen LogP contribution in [0.25, 0.3) is 0 Å². The number of rotatable bonds is 10.